The summed E-state index contributed by atoms with van der Waals surface area (Å²) in [4.78, 5) is 9.93. The third kappa shape index (κ3) is 3.00. The van der Waals surface area contributed by atoms with Crippen LogP contribution in [0.1, 0.15) is 44.2 Å². The van der Waals surface area contributed by atoms with Gasteiger partial charge in [0.25, 0.3) is 0 Å². The number of hydrogen-bond donors (Lipinski definition) is 0. The lowest BCUT2D eigenvalue weighted by molar-refractivity contribution is 0.0467. The van der Waals surface area contributed by atoms with Crippen LogP contribution in [0, 0.1) is 5.92 Å². The molecule has 0 amide bonds. The van der Waals surface area contributed by atoms with Crippen molar-refractivity contribution in [3.05, 3.63) is 30.1 Å². The van der Waals surface area contributed by atoms with Crippen LogP contribution in [0.2, 0.25) is 0 Å². The van der Waals surface area contributed by atoms with Crippen LogP contribution < -0.4 is 0 Å². The Morgan fingerprint density at radius 1 is 1.10 bits per heavy atom. The molecule has 3 aliphatic rings. The Balaban J connectivity index is 1.35. The van der Waals surface area contributed by atoms with Crippen molar-refractivity contribution in [2.75, 3.05) is 26.2 Å². The van der Waals surface area contributed by atoms with Gasteiger partial charge >= 0.3 is 0 Å². The van der Waals surface area contributed by atoms with Crippen LogP contribution >= 0.6 is 0 Å². The molecular formula is C18H27N3. The van der Waals surface area contributed by atoms with Crippen LogP contribution in [-0.4, -0.2) is 46.5 Å². The average molecular weight is 285 g/mol. The Bertz CT molecular complexity index is 461. The maximum atomic E-state index is 4.47. The van der Waals surface area contributed by atoms with Crippen LogP contribution in [0.4, 0.5) is 0 Å². The van der Waals surface area contributed by atoms with Crippen molar-refractivity contribution in [3.63, 3.8) is 0 Å². The predicted octanol–water partition coefficient (Wildman–Crippen LogP) is 2.92. The van der Waals surface area contributed by atoms with Gasteiger partial charge in [0, 0.05) is 37.9 Å². The normalized spacial score (nSPS) is 26.5. The standard InChI is InChI=1S/C18H27N3/c1-2-10-19-17(4-1)15-20-12-8-18(9-13-20)7-3-11-21(18)14-16-5-6-16/h1-2,4,10,16H,3,5-9,11-15H2. The summed E-state index contributed by atoms with van der Waals surface area (Å²) in [5.41, 5.74) is 1.78. The van der Waals surface area contributed by atoms with Crippen LogP contribution in [0.25, 0.3) is 0 Å². The molecule has 3 fully saturated rings. The number of nitrogens with zero attached hydrogens (tertiary/aromatic N) is 3. The highest BCUT2D eigenvalue weighted by Crippen LogP contribution is 2.41. The van der Waals surface area contributed by atoms with E-state index in [1.807, 2.05) is 12.3 Å². The van der Waals surface area contributed by atoms with E-state index in [2.05, 4.69) is 26.9 Å². The molecule has 114 valence electrons. The van der Waals surface area contributed by atoms with E-state index in [1.54, 1.807) is 0 Å². The zero-order valence-corrected chi connectivity index (χ0v) is 13.0. The van der Waals surface area contributed by atoms with Gasteiger partial charge in [0.15, 0.2) is 0 Å². The molecule has 3 heterocycles. The molecule has 3 nitrogen and oxygen atoms in total. The summed E-state index contributed by atoms with van der Waals surface area (Å²) in [6.45, 7) is 6.27. The first-order valence-electron chi connectivity index (χ1n) is 8.71. The minimum absolute atomic E-state index is 0.559. The second-order valence-electron chi connectivity index (χ2n) is 7.31. The van der Waals surface area contributed by atoms with Crippen molar-refractivity contribution in [2.24, 2.45) is 5.92 Å². The van der Waals surface area contributed by atoms with E-state index >= 15 is 0 Å². The smallest absolute Gasteiger partial charge is 0.0543 e. The molecule has 21 heavy (non-hydrogen) atoms. The Kier molecular flexibility index (Phi) is 3.72. The minimum Gasteiger partial charge on any atom is -0.297 e. The Morgan fingerprint density at radius 2 is 1.95 bits per heavy atom. The number of hydrogen-bond acceptors (Lipinski definition) is 3. The van der Waals surface area contributed by atoms with Crippen molar-refractivity contribution >= 4 is 0 Å². The molecule has 2 saturated heterocycles. The molecule has 0 bridgehead atoms. The Labute approximate surface area is 128 Å². The first kappa shape index (κ1) is 13.7. The average Bonchev–Trinajstić information content (AvgIpc) is 3.26. The highest BCUT2D eigenvalue weighted by Gasteiger charge is 2.44. The number of rotatable bonds is 4. The molecule has 1 spiro atoms. The second kappa shape index (κ2) is 5.69. The van der Waals surface area contributed by atoms with E-state index in [9.17, 15) is 0 Å². The molecule has 0 radical (unpaired) electrons. The maximum Gasteiger partial charge on any atom is 0.0543 e. The van der Waals surface area contributed by atoms with Crippen LogP contribution in [0.3, 0.4) is 0 Å². The molecule has 4 rings (SSSR count). The van der Waals surface area contributed by atoms with Crippen LogP contribution in [0.5, 0.6) is 0 Å². The third-order valence-electron chi connectivity index (χ3n) is 5.82. The molecule has 3 heteroatoms. The fourth-order valence-electron chi connectivity index (χ4n) is 4.31. The Hall–Kier alpha value is -0.930. The highest BCUT2D eigenvalue weighted by atomic mass is 15.3. The monoisotopic (exact) mass is 285 g/mol. The van der Waals surface area contributed by atoms with Crippen molar-refractivity contribution in [2.45, 2.75) is 50.6 Å². The largest absolute Gasteiger partial charge is 0.297 e. The fourth-order valence-corrected chi connectivity index (χ4v) is 4.31. The van der Waals surface area contributed by atoms with E-state index in [0.29, 0.717) is 5.54 Å². The molecule has 0 atom stereocenters. The summed E-state index contributed by atoms with van der Waals surface area (Å²) in [6, 6.07) is 6.25. The lowest BCUT2D eigenvalue weighted by Gasteiger charge is -2.45. The summed E-state index contributed by atoms with van der Waals surface area (Å²) >= 11 is 0. The van der Waals surface area contributed by atoms with E-state index in [1.165, 1.54) is 70.4 Å². The SMILES string of the molecule is c1ccc(CN2CCC3(CCCN3CC3CC3)CC2)nc1. The molecule has 1 aromatic rings. The summed E-state index contributed by atoms with van der Waals surface area (Å²) in [6.07, 6.45) is 10.5. The van der Waals surface area contributed by atoms with Gasteiger partial charge in [-0.2, -0.15) is 0 Å². The lowest BCUT2D eigenvalue weighted by Crippen LogP contribution is -2.52. The van der Waals surface area contributed by atoms with Crippen molar-refractivity contribution in [3.8, 4) is 0 Å². The molecule has 1 aliphatic carbocycles. The quantitative estimate of drug-likeness (QED) is 0.848. The third-order valence-corrected chi connectivity index (χ3v) is 5.82. The topological polar surface area (TPSA) is 19.4 Å². The van der Waals surface area contributed by atoms with E-state index in [-0.39, 0.29) is 0 Å². The fraction of sp³-hybridized carbons (Fsp3) is 0.722. The predicted molar refractivity (Wildman–Crippen MR) is 85.0 cm³/mol. The highest BCUT2D eigenvalue weighted by molar-refractivity contribution is 5.05. The lowest BCUT2D eigenvalue weighted by atomic mass is 9.84. The minimum atomic E-state index is 0.559. The van der Waals surface area contributed by atoms with Gasteiger partial charge in [0.1, 0.15) is 0 Å². The summed E-state index contributed by atoms with van der Waals surface area (Å²) in [5.74, 6) is 1.03. The molecular weight excluding hydrogens is 258 g/mol. The molecule has 2 aliphatic heterocycles. The number of likely N-dealkylation sites (tertiary alicyclic amines) is 2. The van der Waals surface area contributed by atoms with Gasteiger partial charge in [-0.25, -0.2) is 0 Å². The van der Waals surface area contributed by atoms with E-state index in [4.69, 9.17) is 0 Å². The second-order valence-corrected chi connectivity index (χ2v) is 7.31. The number of piperidine rings is 1. The molecule has 0 N–H and O–H groups in total. The van der Waals surface area contributed by atoms with E-state index < -0.39 is 0 Å². The van der Waals surface area contributed by atoms with Crippen molar-refractivity contribution < 1.29 is 0 Å². The number of pyridine rings is 1. The zero-order chi connectivity index (χ0) is 14.1. The summed E-state index contributed by atoms with van der Waals surface area (Å²) in [5, 5.41) is 0. The first-order valence-corrected chi connectivity index (χ1v) is 8.71. The van der Waals surface area contributed by atoms with Gasteiger partial charge in [-0.05, 0) is 63.1 Å². The van der Waals surface area contributed by atoms with Gasteiger partial charge in [-0.1, -0.05) is 6.07 Å². The summed E-state index contributed by atoms with van der Waals surface area (Å²) in [7, 11) is 0. The first-order chi connectivity index (χ1) is 10.3. The van der Waals surface area contributed by atoms with Gasteiger partial charge in [0.2, 0.25) is 0 Å². The van der Waals surface area contributed by atoms with E-state index in [0.717, 1.165) is 12.5 Å². The Morgan fingerprint density at radius 3 is 2.67 bits per heavy atom. The molecule has 1 aromatic heterocycles. The summed E-state index contributed by atoms with van der Waals surface area (Å²) < 4.78 is 0. The van der Waals surface area contributed by atoms with Crippen molar-refractivity contribution in [1.29, 1.82) is 0 Å². The zero-order valence-electron chi connectivity index (χ0n) is 13.0. The molecule has 0 aromatic carbocycles. The molecule has 1 saturated carbocycles. The maximum absolute atomic E-state index is 4.47. The van der Waals surface area contributed by atoms with Gasteiger partial charge in [-0.3, -0.25) is 14.8 Å². The number of aromatic nitrogens is 1. The van der Waals surface area contributed by atoms with Crippen LogP contribution in [0.15, 0.2) is 24.4 Å². The van der Waals surface area contributed by atoms with Crippen LogP contribution in [-0.2, 0) is 6.54 Å². The van der Waals surface area contributed by atoms with Gasteiger partial charge < -0.3 is 0 Å². The molecule has 0 unspecified atom stereocenters. The van der Waals surface area contributed by atoms with Gasteiger partial charge in [-0.15, -0.1) is 0 Å². The van der Waals surface area contributed by atoms with Gasteiger partial charge in [0.05, 0.1) is 5.69 Å². The van der Waals surface area contributed by atoms with Crippen molar-refractivity contribution in [1.82, 2.24) is 14.8 Å².